The van der Waals surface area contributed by atoms with E-state index < -0.39 is 0 Å². The molecule has 2 aliphatic rings. The van der Waals surface area contributed by atoms with Gasteiger partial charge in [-0.2, -0.15) is 0 Å². The number of urea groups is 1. The smallest absolute Gasteiger partial charge is 0.317 e. The van der Waals surface area contributed by atoms with E-state index in [1.165, 1.54) is 5.01 Å². The number of carbonyl (C=O) groups is 1. The Bertz CT molecular complexity index is 505. The van der Waals surface area contributed by atoms with Crippen LogP contribution < -0.4 is 5.32 Å². The fourth-order valence-electron chi connectivity index (χ4n) is 3.69. The Morgan fingerprint density at radius 2 is 2.14 bits per heavy atom. The fourth-order valence-corrected chi connectivity index (χ4v) is 4.50. The molecule has 122 valence electrons. The highest BCUT2D eigenvalue weighted by molar-refractivity contribution is 7.09. The number of aryl methyl sites for hydroxylation is 2. The third kappa shape index (κ3) is 3.60. The monoisotopic (exact) mass is 323 g/mol. The summed E-state index contributed by atoms with van der Waals surface area (Å²) in [6.45, 7) is 2.74. The summed E-state index contributed by atoms with van der Waals surface area (Å²) in [7, 11) is 0. The van der Waals surface area contributed by atoms with E-state index in [4.69, 9.17) is 0 Å². The molecule has 2 bridgehead atoms. The van der Waals surface area contributed by atoms with E-state index in [1.807, 2.05) is 11.8 Å². The van der Waals surface area contributed by atoms with E-state index in [2.05, 4.69) is 15.7 Å². The van der Waals surface area contributed by atoms with Crippen LogP contribution in [0.1, 0.15) is 49.2 Å². The number of piperidine rings is 1. The number of aromatic nitrogens is 1. The first-order chi connectivity index (χ1) is 10.6. The van der Waals surface area contributed by atoms with Gasteiger partial charge in [0.1, 0.15) is 0 Å². The molecule has 0 spiro atoms. The average Bonchev–Trinajstić information content (AvgIpc) is 3.00. The summed E-state index contributed by atoms with van der Waals surface area (Å²) >= 11 is 1.72. The summed E-state index contributed by atoms with van der Waals surface area (Å²) in [5.74, 6) is 0. The first kappa shape index (κ1) is 15.7. The second-order valence-electron chi connectivity index (χ2n) is 6.49. The lowest BCUT2D eigenvalue weighted by atomic mass is 10.0. The third-order valence-corrected chi connectivity index (χ3v) is 5.73. The zero-order valence-electron chi connectivity index (χ0n) is 13.1. The van der Waals surface area contributed by atoms with E-state index in [0.29, 0.717) is 0 Å². The van der Waals surface area contributed by atoms with Crippen molar-refractivity contribution in [2.24, 2.45) is 0 Å². The first-order valence-electron chi connectivity index (χ1n) is 8.28. The quantitative estimate of drug-likeness (QED) is 0.818. The zero-order chi connectivity index (χ0) is 15.5. The van der Waals surface area contributed by atoms with Gasteiger partial charge in [-0.25, -0.2) is 9.78 Å². The Balaban J connectivity index is 1.36. The lowest BCUT2D eigenvalue weighted by Crippen LogP contribution is -2.52. The fraction of sp³-hybridized carbons (Fsp3) is 0.750. The van der Waals surface area contributed by atoms with E-state index in [1.54, 1.807) is 11.3 Å². The molecule has 0 radical (unpaired) electrons. The van der Waals surface area contributed by atoms with Crippen molar-refractivity contribution in [2.45, 2.75) is 70.1 Å². The number of amides is 2. The van der Waals surface area contributed by atoms with Crippen molar-refractivity contribution in [3.05, 3.63) is 16.1 Å². The van der Waals surface area contributed by atoms with Gasteiger partial charge in [0.25, 0.3) is 0 Å². The molecule has 0 aromatic carbocycles. The van der Waals surface area contributed by atoms with Gasteiger partial charge < -0.3 is 15.3 Å². The summed E-state index contributed by atoms with van der Waals surface area (Å²) in [4.78, 5) is 18.8. The minimum absolute atomic E-state index is 0.0597. The molecule has 3 rings (SSSR count). The minimum atomic E-state index is -0.219. The largest absolute Gasteiger partial charge is 0.393 e. The number of carbonyl (C=O) groups excluding carboxylic acids is 1. The van der Waals surface area contributed by atoms with Gasteiger partial charge in [0.05, 0.1) is 11.1 Å². The maximum absolute atomic E-state index is 12.3. The molecule has 2 amide bonds. The number of nitrogens with zero attached hydrogens (tertiary/aromatic N) is 2. The van der Waals surface area contributed by atoms with Crippen molar-refractivity contribution in [1.82, 2.24) is 15.2 Å². The molecule has 3 heterocycles. The Morgan fingerprint density at radius 3 is 2.77 bits per heavy atom. The lowest BCUT2D eigenvalue weighted by molar-refractivity contribution is 0.0543. The van der Waals surface area contributed by atoms with Gasteiger partial charge in [-0.3, -0.25) is 0 Å². The molecule has 6 heteroatoms. The standard InChI is InChI=1S/C16H25N3O2S/c1-11-10-22-15(18-11)4-2-3-7-17-16(21)19-12-5-6-13(19)9-14(20)8-12/h10,12-14,20H,2-9H2,1H3,(H,17,21). The van der Waals surface area contributed by atoms with Gasteiger partial charge >= 0.3 is 6.03 Å². The number of aliphatic hydroxyl groups excluding tert-OH is 1. The molecule has 1 aromatic rings. The minimum Gasteiger partial charge on any atom is -0.393 e. The van der Waals surface area contributed by atoms with Crippen LogP contribution in [0.2, 0.25) is 0 Å². The SMILES string of the molecule is Cc1csc(CCCCNC(=O)N2C3CCC2CC(O)C3)n1. The van der Waals surface area contributed by atoms with E-state index in [0.717, 1.165) is 57.2 Å². The predicted octanol–water partition coefficient (Wildman–Crippen LogP) is 2.47. The Kier molecular flexibility index (Phi) is 4.98. The molecular weight excluding hydrogens is 298 g/mol. The Morgan fingerprint density at radius 1 is 1.41 bits per heavy atom. The van der Waals surface area contributed by atoms with Gasteiger partial charge in [0.2, 0.25) is 0 Å². The van der Waals surface area contributed by atoms with Crippen molar-refractivity contribution in [3.8, 4) is 0 Å². The Hall–Kier alpha value is -1.14. The topological polar surface area (TPSA) is 65.5 Å². The molecular formula is C16H25N3O2S. The van der Waals surface area contributed by atoms with Crippen LogP contribution in [-0.2, 0) is 6.42 Å². The van der Waals surface area contributed by atoms with Gasteiger partial charge in [-0.05, 0) is 51.9 Å². The summed E-state index contributed by atoms with van der Waals surface area (Å²) in [6, 6.07) is 0.545. The second-order valence-corrected chi connectivity index (χ2v) is 7.43. The molecule has 2 aliphatic heterocycles. The van der Waals surface area contributed by atoms with Crippen LogP contribution in [0, 0.1) is 6.92 Å². The first-order valence-corrected chi connectivity index (χ1v) is 9.16. The highest BCUT2D eigenvalue weighted by Gasteiger charge is 2.42. The molecule has 22 heavy (non-hydrogen) atoms. The number of unbranched alkanes of at least 4 members (excludes halogenated alkanes) is 1. The van der Waals surface area contributed by atoms with Crippen molar-refractivity contribution < 1.29 is 9.90 Å². The molecule has 2 unspecified atom stereocenters. The van der Waals surface area contributed by atoms with E-state index in [9.17, 15) is 9.90 Å². The van der Waals surface area contributed by atoms with Gasteiger partial charge in [0, 0.05) is 29.7 Å². The molecule has 1 aromatic heterocycles. The molecule has 0 saturated carbocycles. The second kappa shape index (κ2) is 6.96. The maximum Gasteiger partial charge on any atom is 0.317 e. The number of thiazole rings is 1. The van der Waals surface area contributed by atoms with Crippen molar-refractivity contribution >= 4 is 17.4 Å². The molecule has 5 nitrogen and oxygen atoms in total. The van der Waals surface area contributed by atoms with Crippen LogP contribution in [0.5, 0.6) is 0 Å². The molecule has 0 aliphatic carbocycles. The number of rotatable bonds is 5. The van der Waals surface area contributed by atoms with E-state index >= 15 is 0 Å². The molecule has 2 fully saturated rings. The van der Waals surface area contributed by atoms with Crippen LogP contribution in [0.15, 0.2) is 5.38 Å². The highest BCUT2D eigenvalue weighted by atomic mass is 32.1. The van der Waals surface area contributed by atoms with Gasteiger partial charge in [-0.15, -0.1) is 11.3 Å². The lowest BCUT2D eigenvalue weighted by Gasteiger charge is -2.37. The Labute approximate surface area is 135 Å². The van der Waals surface area contributed by atoms with Crippen LogP contribution >= 0.6 is 11.3 Å². The van der Waals surface area contributed by atoms with Gasteiger partial charge in [-0.1, -0.05) is 0 Å². The maximum atomic E-state index is 12.3. The van der Waals surface area contributed by atoms with Crippen LogP contribution in [0.3, 0.4) is 0 Å². The third-order valence-electron chi connectivity index (χ3n) is 4.70. The summed E-state index contributed by atoms with van der Waals surface area (Å²) in [5, 5.41) is 16.1. The number of hydrogen-bond donors (Lipinski definition) is 2. The average molecular weight is 323 g/mol. The van der Waals surface area contributed by atoms with Crippen molar-refractivity contribution in [2.75, 3.05) is 6.54 Å². The van der Waals surface area contributed by atoms with Gasteiger partial charge in [0.15, 0.2) is 0 Å². The number of nitrogens with one attached hydrogen (secondary N) is 1. The van der Waals surface area contributed by atoms with Crippen LogP contribution in [0.4, 0.5) is 4.79 Å². The van der Waals surface area contributed by atoms with Crippen LogP contribution in [-0.4, -0.2) is 45.8 Å². The van der Waals surface area contributed by atoms with Crippen LogP contribution in [0.25, 0.3) is 0 Å². The predicted molar refractivity (Wildman–Crippen MR) is 87.1 cm³/mol. The normalized spacial score (nSPS) is 27.2. The summed E-state index contributed by atoms with van der Waals surface area (Å²) in [6.07, 6.45) is 6.38. The molecule has 2 saturated heterocycles. The number of fused-ring (bicyclic) bond motifs is 2. The van der Waals surface area contributed by atoms with Crippen molar-refractivity contribution in [3.63, 3.8) is 0 Å². The zero-order valence-corrected chi connectivity index (χ0v) is 13.9. The number of hydrogen-bond acceptors (Lipinski definition) is 4. The number of aliphatic hydroxyl groups is 1. The molecule has 2 N–H and O–H groups in total. The summed E-state index contributed by atoms with van der Waals surface area (Å²) in [5.41, 5.74) is 1.09. The van der Waals surface area contributed by atoms with E-state index in [-0.39, 0.29) is 24.2 Å². The van der Waals surface area contributed by atoms with Crippen molar-refractivity contribution in [1.29, 1.82) is 0 Å². The molecule has 2 atom stereocenters. The highest BCUT2D eigenvalue weighted by Crippen LogP contribution is 2.35. The summed E-state index contributed by atoms with van der Waals surface area (Å²) < 4.78 is 0.